The summed E-state index contributed by atoms with van der Waals surface area (Å²) in [4.78, 5) is 10.2. The molecular formula is C10H11F2NO4S. The van der Waals surface area contributed by atoms with Gasteiger partial charge in [0.05, 0.1) is 12.2 Å². The van der Waals surface area contributed by atoms with Gasteiger partial charge in [-0.05, 0) is 18.2 Å². The normalized spacial score (nSPS) is 11.4. The Bertz CT molecular complexity index is 545. The van der Waals surface area contributed by atoms with Crippen LogP contribution in [-0.2, 0) is 21.4 Å². The van der Waals surface area contributed by atoms with Crippen LogP contribution in [0.25, 0.3) is 0 Å². The average molecular weight is 279 g/mol. The van der Waals surface area contributed by atoms with Gasteiger partial charge in [-0.3, -0.25) is 4.79 Å². The number of hydrogen-bond donors (Lipinski definition) is 2. The highest BCUT2D eigenvalue weighted by atomic mass is 32.2. The molecule has 5 nitrogen and oxygen atoms in total. The minimum atomic E-state index is -3.82. The maximum Gasteiger partial charge on any atom is 0.304 e. The molecule has 0 aromatic heterocycles. The Hall–Kier alpha value is -1.54. The molecule has 0 aliphatic carbocycles. The van der Waals surface area contributed by atoms with E-state index in [1.807, 2.05) is 4.72 Å². The van der Waals surface area contributed by atoms with E-state index < -0.39 is 46.3 Å². The van der Waals surface area contributed by atoms with Gasteiger partial charge in [0.2, 0.25) is 10.0 Å². The molecule has 0 bridgehead atoms. The third-order valence-electron chi connectivity index (χ3n) is 2.07. The first-order valence-corrected chi connectivity index (χ1v) is 6.58. The number of hydrogen-bond acceptors (Lipinski definition) is 3. The number of rotatable bonds is 6. The second kappa shape index (κ2) is 5.87. The lowest BCUT2D eigenvalue weighted by molar-refractivity contribution is -0.136. The van der Waals surface area contributed by atoms with Gasteiger partial charge in [0.15, 0.2) is 0 Å². The van der Waals surface area contributed by atoms with Crippen molar-refractivity contribution in [1.82, 2.24) is 4.72 Å². The molecule has 0 radical (unpaired) electrons. The number of nitrogens with one attached hydrogen (secondary N) is 1. The number of sulfonamides is 1. The molecule has 0 amide bonds. The number of carboxylic acid groups (broad SMARTS) is 1. The van der Waals surface area contributed by atoms with Gasteiger partial charge >= 0.3 is 5.97 Å². The Morgan fingerprint density at radius 2 is 2.00 bits per heavy atom. The molecule has 0 spiro atoms. The highest BCUT2D eigenvalue weighted by Gasteiger charge is 2.13. The van der Waals surface area contributed by atoms with E-state index in [-0.39, 0.29) is 5.56 Å². The summed E-state index contributed by atoms with van der Waals surface area (Å²) in [5.41, 5.74) is -0.145. The molecule has 0 atom stereocenters. The van der Waals surface area contributed by atoms with Crippen LogP contribution in [0.1, 0.15) is 12.0 Å². The quantitative estimate of drug-likeness (QED) is 0.809. The van der Waals surface area contributed by atoms with Crippen LogP contribution in [0.15, 0.2) is 18.2 Å². The molecule has 1 aromatic rings. The molecule has 100 valence electrons. The van der Waals surface area contributed by atoms with E-state index in [0.717, 1.165) is 18.2 Å². The van der Waals surface area contributed by atoms with Crippen molar-refractivity contribution in [2.75, 3.05) is 5.75 Å². The van der Waals surface area contributed by atoms with Gasteiger partial charge < -0.3 is 5.11 Å². The molecule has 0 saturated heterocycles. The first-order chi connectivity index (χ1) is 8.30. The van der Waals surface area contributed by atoms with Crippen molar-refractivity contribution in [3.05, 3.63) is 35.4 Å². The van der Waals surface area contributed by atoms with Crippen LogP contribution in [0, 0.1) is 11.6 Å². The second-order valence-electron chi connectivity index (χ2n) is 3.52. The minimum Gasteiger partial charge on any atom is -0.481 e. The molecular weight excluding hydrogens is 268 g/mol. The van der Waals surface area contributed by atoms with Gasteiger partial charge in [-0.1, -0.05) is 0 Å². The van der Waals surface area contributed by atoms with E-state index in [4.69, 9.17) is 5.11 Å². The largest absolute Gasteiger partial charge is 0.481 e. The Labute approximate surface area is 102 Å². The van der Waals surface area contributed by atoms with E-state index in [1.54, 1.807) is 0 Å². The highest BCUT2D eigenvalue weighted by molar-refractivity contribution is 7.89. The van der Waals surface area contributed by atoms with Crippen molar-refractivity contribution in [1.29, 1.82) is 0 Å². The van der Waals surface area contributed by atoms with Crippen LogP contribution in [0.4, 0.5) is 8.78 Å². The fourth-order valence-electron chi connectivity index (χ4n) is 1.16. The van der Waals surface area contributed by atoms with E-state index >= 15 is 0 Å². The van der Waals surface area contributed by atoms with Crippen molar-refractivity contribution in [2.24, 2.45) is 0 Å². The molecule has 1 aromatic carbocycles. The third kappa shape index (κ3) is 4.76. The SMILES string of the molecule is O=C(O)CCS(=O)(=O)NCc1cc(F)ccc1F. The predicted molar refractivity (Wildman–Crippen MR) is 59.2 cm³/mol. The number of carbonyl (C=O) groups is 1. The van der Waals surface area contributed by atoms with Crippen LogP contribution < -0.4 is 4.72 Å². The number of aliphatic carboxylic acids is 1. The topological polar surface area (TPSA) is 83.5 Å². The van der Waals surface area contributed by atoms with Crippen molar-refractivity contribution in [3.8, 4) is 0 Å². The molecule has 0 heterocycles. The Morgan fingerprint density at radius 3 is 2.61 bits per heavy atom. The summed E-state index contributed by atoms with van der Waals surface area (Å²) in [7, 11) is -3.82. The molecule has 0 aliphatic rings. The van der Waals surface area contributed by atoms with Gasteiger partial charge in [-0.2, -0.15) is 0 Å². The van der Waals surface area contributed by atoms with Crippen LogP contribution in [0.5, 0.6) is 0 Å². The summed E-state index contributed by atoms with van der Waals surface area (Å²) in [6.45, 7) is -0.425. The maximum atomic E-state index is 13.2. The first-order valence-electron chi connectivity index (χ1n) is 4.93. The molecule has 2 N–H and O–H groups in total. The molecule has 8 heteroatoms. The van der Waals surface area contributed by atoms with Crippen molar-refractivity contribution in [3.63, 3.8) is 0 Å². The molecule has 0 aliphatic heterocycles. The van der Waals surface area contributed by atoms with E-state index in [9.17, 15) is 22.0 Å². The Kier molecular flexibility index (Phi) is 4.74. The Balaban J connectivity index is 2.64. The number of benzene rings is 1. The summed E-state index contributed by atoms with van der Waals surface area (Å²) in [5.74, 6) is -3.29. The maximum absolute atomic E-state index is 13.2. The molecule has 0 saturated carbocycles. The lowest BCUT2D eigenvalue weighted by atomic mass is 10.2. The average Bonchev–Trinajstić information content (AvgIpc) is 2.28. The van der Waals surface area contributed by atoms with E-state index in [1.165, 1.54) is 0 Å². The van der Waals surface area contributed by atoms with Crippen LogP contribution in [-0.4, -0.2) is 25.2 Å². The summed E-state index contributed by atoms with van der Waals surface area (Å²) < 4.78 is 50.6. The van der Waals surface area contributed by atoms with Gasteiger partial charge in [0.1, 0.15) is 11.6 Å². The number of halogens is 2. The minimum absolute atomic E-state index is 0.145. The Morgan fingerprint density at radius 1 is 1.33 bits per heavy atom. The lowest BCUT2D eigenvalue weighted by Crippen LogP contribution is -2.27. The monoisotopic (exact) mass is 279 g/mol. The van der Waals surface area contributed by atoms with Gasteiger partial charge in [0, 0.05) is 12.1 Å². The van der Waals surface area contributed by atoms with Crippen molar-refractivity contribution < 1.29 is 27.1 Å². The summed E-state index contributed by atoms with van der Waals surface area (Å²) in [5, 5.41) is 8.34. The molecule has 0 unspecified atom stereocenters. The molecule has 18 heavy (non-hydrogen) atoms. The van der Waals surface area contributed by atoms with Crippen molar-refractivity contribution >= 4 is 16.0 Å². The highest BCUT2D eigenvalue weighted by Crippen LogP contribution is 2.09. The zero-order chi connectivity index (χ0) is 13.8. The number of carboxylic acids is 1. The first kappa shape index (κ1) is 14.5. The zero-order valence-electron chi connectivity index (χ0n) is 9.19. The van der Waals surface area contributed by atoms with Crippen molar-refractivity contribution in [2.45, 2.75) is 13.0 Å². The molecule has 1 rings (SSSR count). The van der Waals surface area contributed by atoms with E-state index in [2.05, 4.69) is 0 Å². The lowest BCUT2D eigenvalue weighted by Gasteiger charge is -2.06. The predicted octanol–water partition coefficient (Wildman–Crippen LogP) is 0.859. The van der Waals surface area contributed by atoms with Crippen LogP contribution >= 0.6 is 0 Å². The van der Waals surface area contributed by atoms with E-state index in [0.29, 0.717) is 0 Å². The third-order valence-corrected chi connectivity index (χ3v) is 3.40. The molecule has 0 fully saturated rings. The smallest absolute Gasteiger partial charge is 0.304 e. The zero-order valence-corrected chi connectivity index (χ0v) is 10.0. The standard InChI is InChI=1S/C10H11F2NO4S/c11-8-1-2-9(12)7(5-8)6-13-18(16,17)4-3-10(14)15/h1-2,5,13H,3-4,6H2,(H,14,15). The van der Waals surface area contributed by atoms with Gasteiger partial charge in [-0.15, -0.1) is 0 Å². The second-order valence-corrected chi connectivity index (χ2v) is 5.45. The van der Waals surface area contributed by atoms with Crippen LogP contribution in [0.3, 0.4) is 0 Å². The van der Waals surface area contributed by atoms with Crippen LogP contribution in [0.2, 0.25) is 0 Å². The summed E-state index contributed by atoms with van der Waals surface area (Å²) in [6, 6.07) is 2.67. The van der Waals surface area contributed by atoms with Gasteiger partial charge in [0.25, 0.3) is 0 Å². The fourth-order valence-corrected chi connectivity index (χ4v) is 2.12. The fraction of sp³-hybridized carbons (Fsp3) is 0.300. The summed E-state index contributed by atoms with van der Waals surface area (Å²) >= 11 is 0. The summed E-state index contributed by atoms with van der Waals surface area (Å²) in [6.07, 6.45) is -0.555. The van der Waals surface area contributed by atoms with Gasteiger partial charge in [-0.25, -0.2) is 21.9 Å².